The maximum absolute atomic E-state index is 12.8. The van der Waals surface area contributed by atoms with Gasteiger partial charge in [-0.05, 0) is 83.9 Å². The fourth-order valence-electron chi connectivity index (χ4n) is 6.38. The summed E-state index contributed by atoms with van der Waals surface area (Å²) in [5, 5.41) is 68.6. The lowest BCUT2D eigenvalue weighted by Crippen LogP contribution is -2.31. The highest BCUT2D eigenvalue weighted by molar-refractivity contribution is 7.86. The van der Waals surface area contributed by atoms with Gasteiger partial charge in [0.1, 0.15) is 9.79 Å². The van der Waals surface area contributed by atoms with Gasteiger partial charge in [0.2, 0.25) is 35.7 Å². The number of carbonyl (C=O) groups is 2. The number of rotatable bonds is 24. The maximum Gasteiger partial charge on any atom is 0.335 e. The number of aromatic carboxylic acids is 2. The van der Waals surface area contributed by atoms with Crippen LogP contribution in [0.15, 0.2) is 94.7 Å². The predicted molar refractivity (Wildman–Crippen MR) is 254 cm³/mol. The molecule has 2 heterocycles. The summed E-state index contributed by atoms with van der Waals surface area (Å²) in [6.45, 7) is -1.40. The summed E-state index contributed by atoms with van der Waals surface area (Å²) in [6.07, 6.45) is 2.33. The Morgan fingerprint density at radius 1 is 0.457 bits per heavy atom. The van der Waals surface area contributed by atoms with E-state index in [0.717, 1.165) is 12.1 Å². The highest BCUT2D eigenvalue weighted by Gasteiger charge is 2.21. The maximum atomic E-state index is 12.8. The van der Waals surface area contributed by atoms with Gasteiger partial charge in [-0.1, -0.05) is 24.3 Å². The van der Waals surface area contributed by atoms with Crippen molar-refractivity contribution in [1.82, 2.24) is 29.9 Å². The van der Waals surface area contributed by atoms with E-state index in [1.165, 1.54) is 94.7 Å². The van der Waals surface area contributed by atoms with Crippen LogP contribution in [0.3, 0.4) is 0 Å². The number of benzene rings is 4. The van der Waals surface area contributed by atoms with Crippen LogP contribution < -0.4 is 31.1 Å². The molecule has 0 radical (unpaired) electrons. The van der Waals surface area contributed by atoms with Crippen LogP contribution in [0.2, 0.25) is 0 Å². The van der Waals surface area contributed by atoms with Crippen molar-refractivity contribution in [3.05, 3.63) is 107 Å². The summed E-state index contributed by atoms with van der Waals surface area (Å²) in [5.74, 6) is -2.85. The summed E-state index contributed by atoms with van der Waals surface area (Å²) < 4.78 is 71.7. The van der Waals surface area contributed by atoms with Crippen LogP contribution >= 0.6 is 0 Å². The molecule has 6 rings (SSSR count). The minimum Gasteiger partial charge on any atom is -0.478 e. The second-order valence-corrected chi connectivity index (χ2v) is 17.3. The number of hydrogen-bond donors (Lipinski definition) is 12. The van der Waals surface area contributed by atoms with Gasteiger partial charge in [0, 0.05) is 48.9 Å². The zero-order valence-corrected chi connectivity index (χ0v) is 37.9. The topological polar surface area (TPSA) is 396 Å². The van der Waals surface area contributed by atoms with Gasteiger partial charge in [0.05, 0.1) is 37.6 Å². The van der Waals surface area contributed by atoms with Crippen LogP contribution in [0.25, 0.3) is 12.2 Å². The Balaban J connectivity index is 1.31. The Kier molecular flexibility index (Phi) is 16.8. The monoisotopic (exact) mass is 1000 g/mol. The molecule has 0 bridgehead atoms. The van der Waals surface area contributed by atoms with Gasteiger partial charge in [-0.15, -0.1) is 0 Å². The Hall–Kier alpha value is -7.96. The second kappa shape index (κ2) is 22.9. The normalized spacial score (nSPS) is 11.6. The first kappa shape index (κ1) is 51.4. The summed E-state index contributed by atoms with van der Waals surface area (Å²) in [7, 11) is -9.98. The third-order valence-electron chi connectivity index (χ3n) is 9.61. The van der Waals surface area contributed by atoms with Gasteiger partial charge in [-0.2, -0.15) is 46.7 Å². The first-order chi connectivity index (χ1) is 33.4. The van der Waals surface area contributed by atoms with Crippen molar-refractivity contribution in [1.29, 1.82) is 0 Å². The van der Waals surface area contributed by atoms with Gasteiger partial charge in [-0.25, -0.2) is 9.59 Å². The third kappa shape index (κ3) is 13.8. The fraction of sp³-hybridized carbons (Fsp3) is 0.190. The lowest BCUT2D eigenvalue weighted by atomic mass is 10.1. The number of hydrogen-bond acceptors (Lipinski definition) is 22. The molecule has 0 unspecified atom stereocenters. The SMILES string of the molecule is O=C(O)c1ccc(Nc2nc(Nc3ccc(/C=C/c4ccc(Nc5nc(Nc6ccc(C(=O)O)cc6)nc(N(CCO)CCO)n5)cc4S(=O)(=O)O)c(S(=O)(=O)O)c3)nc(N(CCO)CCO)n2)cc1. The molecule has 0 aliphatic heterocycles. The van der Waals surface area contributed by atoms with Crippen LogP contribution in [-0.4, -0.2) is 151 Å². The minimum absolute atomic E-state index is 0.00541. The van der Waals surface area contributed by atoms with Crippen LogP contribution in [0, 0.1) is 0 Å². The van der Waals surface area contributed by atoms with Crippen LogP contribution in [0.4, 0.5) is 58.4 Å². The molecule has 368 valence electrons. The van der Waals surface area contributed by atoms with Crippen molar-refractivity contribution in [2.75, 3.05) is 83.7 Å². The second-order valence-electron chi connectivity index (χ2n) is 14.5. The van der Waals surface area contributed by atoms with Crippen molar-refractivity contribution in [2.24, 2.45) is 0 Å². The number of carboxylic acids is 2. The van der Waals surface area contributed by atoms with Crippen LogP contribution in [-0.2, 0) is 20.2 Å². The van der Waals surface area contributed by atoms with E-state index in [-0.39, 0.29) is 122 Å². The molecule has 2 aromatic heterocycles. The largest absolute Gasteiger partial charge is 0.478 e. The van der Waals surface area contributed by atoms with Crippen molar-refractivity contribution < 1.29 is 66.2 Å². The number of nitrogens with zero attached hydrogens (tertiary/aromatic N) is 8. The average Bonchev–Trinajstić information content (AvgIpc) is 3.31. The van der Waals surface area contributed by atoms with Crippen molar-refractivity contribution >= 4 is 103 Å². The highest BCUT2D eigenvalue weighted by atomic mass is 32.2. The quantitative estimate of drug-likeness (QED) is 0.0306. The molecule has 12 N–H and O–H groups in total. The highest BCUT2D eigenvalue weighted by Crippen LogP contribution is 2.29. The predicted octanol–water partition coefficient (Wildman–Crippen LogP) is 2.67. The molecule has 26 nitrogen and oxygen atoms in total. The molecule has 28 heteroatoms. The number of anilines is 10. The lowest BCUT2D eigenvalue weighted by Gasteiger charge is -2.21. The molecule has 0 aliphatic rings. The molecule has 70 heavy (non-hydrogen) atoms. The van der Waals surface area contributed by atoms with E-state index in [0.29, 0.717) is 11.4 Å². The molecule has 0 saturated carbocycles. The lowest BCUT2D eigenvalue weighted by molar-refractivity contribution is 0.0686. The van der Waals surface area contributed by atoms with Crippen LogP contribution in [0.1, 0.15) is 31.8 Å². The zero-order valence-electron chi connectivity index (χ0n) is 36.3. The van der Waals surface area contributed by atoms with E-state index in [9.17, 15) is 66.2 Å². The Morgan fingerprint density at radius 2 is 0.743 bits per heavy atom. The van der Waals surface area contributed by atoms with E-state index in [4.69, 9.17) is 0 Å². The fourth-order valence-corrected chi connectivity index (χ4v) is 7.80. The Bertz CT molecular complexity index is 2880. The van der Waals surface area contributed by atoms with Gasteiger partial charge < -0.3 is 61.7 Å². The summed E-state index contributed by atoms with van der Waals surface area (Å²) in [4.78, 5) is 50.3. The van der Waals surface area contributed by atoms with E-state index in [1.54, 1.807) is 0 Å². The molecular weight excluding hydrogens is 961 g/mol. The molecule has 6 aromatic rings. The molecule has 0 amide bonds. The molecule has 0 atom stereocenters. The van der Waals surface area contributed by atoms with Crippen molar-refractivity contribution in [3.8, 4) is 0 Å². The Morgan fingerprint density at radius 3 is 1.01 bits per heavy atom. The first-order valence-electron chi connectivity index (χ1n) is 20.5. The van der Waals surface area contributed by atoms with E-state index in [2.05, 4.69) is 51.2 Å². The van der Waals surface area contributed by atoms with E-state index >= 15 is 0 Å². The van der Waals surface area contributed by atoms with Crippen LogP contribution in [0.5, 0.6) is 0 Å². The van der Waals surface area contributed by atoms with Gasteiger partial charge in [0.25, 0.3) is 20.2 Å². The van der Waals surface area contributed by atoms with Crippen molar-refractivity contribution in [3.63, 3.8) is 0 Å². The number of aromatic nitrogens is 6. The smallest absolute Gasteiger partial charge is 0.335 e. The van der Waals surface area contributed by atoms with Gasteiger partial charge in [-0.3, -0.25) is 9.11 Å². The number of aliphatic hydroxyl groups excluding tert-OH is 4. The molecule has 0 saturated heterocycles. The standard InChI is InChI=1S/C42H44N12O14S2/c55-19-15-53(16-20-56)41-49-37(43-29-9-5-27(6-10-29)35(59)60)47-39(51-41)45-31-13-3-25(33(23-31)69(63,64)65)1-2-26-4-14-32(24-34(26)70(66,67)68)46-40-48-38(44-30-11-7-28(8-12-30)36(61)62)50-42(52-40)54(17-21-57)18-22-58/h1-14,23-24,55-58H,15-22H2,(H,59,60)(H,61,62)(H,63,64,65)(H,66,67,68)(H2,43,45,47,49,51)(H2,44,46,48,50,52)/b2-1+. The number of nitrogens with one attached hydrogen (secondary N) is 4. The first-order valence-corrected chi connectivity index (χ1v) is 23.4. The molecular formula is C42H44N12O14S2. The van der Waals surface area contributed by atoms with Gasteiger partial charge in [0.15, 0.2) is 0 Å². The Labute approximate surface area is 398 Å². The third-order valence-corrected chi connectivity index (χ3v) is 11.4. The molecule has 0 aliphatic carbocycles. The van der Waals surface area contributed by atoms with E-state index < -0.39 is 42.0 Å². The van der Waals surface area contributed by atoms with E-state index in [1.807, 2.05) is 0 Å². The molecule has 0 spiro atoms. The average molecular weight is 1010 g/mol. The summed E-state index contributed by atoms with van der Waals surface area (Å²) in [5.41, 5.74) is 0.564. The number of carboxylic acid groups (broad SMARTS) is 2. The zero-order chi connectivity index (χ0) is 50.6. The summed E-state index contributed by atoms with van der Waals surface area (Å²) in [6, 6.07) is 18.6. The van der Waals surface area contributed by atoms with Crippen molar-refractivity contribution in [2.45, 2.75) is 9.79 Å². The summed E-state index contributed by atoms with van der Waals surface area (Å²) >= 11 is 0. The molecule has 4 aromatic carbocycles. The number of aliphatic hydroxyl groups is 4. The van der Waals surface area contributed by atoms with Gasteiger partial charge >= 0.3 is 11.9 Å². The molecule has 0 fully saturated rings. The minimum atomic E-state index is -4.99.